The van der Waals surface area contributed by atoms with E-state index in [-0.39, 0.29) is 17.0 Å². The van der Waals surface area contributed by atoms with Crippen molar-refractivity contribution in [3.8, 4) is 0 Å². The van der Waals surface area contributed by atoms with Crippen molar-refractivity contribution in [1.29, 1.82) is 0 Å². The number of carbonyl (C=O) groups is 2. The number of thioether (sulfide) groups is 1. The summed E-state index contributed by atoms with van der Waals surface area (Å²) in [6, 6.07) is -0.563. The summed E-state index contributed by atoms with van der Waals surface area (Å²) >= 11 is 1.50. The Morgan fingerprint density at radius 1 is 1.69 bits per heavy atom. The molecule has 0 aliphatic carbocycles. The van der Waals surface area contributed by atoms with Gasteiger partial charge < -0.3 is 10.8 Å². The molecule has 0 spiro atoms. The van der Waals surface area contributed by atoms with Gasteiger partial charge in [0, 0.05) is 5.75 Å². The summed E-state index contributed by atoms with van der Waals surface area (Å²) in [4.78, 5) is 24.0. The molecule has 1 fully saturated rings. The number of amides is 1. The van der Waals surface area contributed by atoms with Crippen LogP contribution in [0.2, 0.25) is 0 Å². The lowest BCUT2D eigenvalue weighted by Crippen LogP contribution is -2.68. The first-order valence-corrected chi connectivity index (χ1v) is 5.92. The maximum absolute atomic E-state index is 11.5. The van der Waals surface area contributed by atoms with Crippen molar-refractivity contribution >= 4 is 23.6 Å². The summed E-state index contributed by atoms with van der Waals surface area (Å²) in [5, 5.41) is 8.91. The van der Waals surface area contributed by atoms with Gasteiger partial charge in [-0.2, -0.15) is 0 Å². The van der Waals surface area contributed by atoms with Crippen LogP contribution in [0.5, 0.6) is 0 Å². The van der Waals surface area contributed by atoms with E-state index in [9.17, 15) is 9.59 Å². The molecule has 2 atom stereocenters. The average Bonchev–Trinajstić information content (AvgIpc) is 2.27. The number of hydrogen-bond acceptors (Lipinski definition) is 4. The molecule has 16 heavy (non-hydrogen) atoms. The Bertz CT molecular complexity index is 416. The highest BCUT2D eigenvalue weighted by Crippen LogP contribution is 2.39. The topological polar surface area (TPSA) is 83.6 Å². The zero-order valence-electron chi connectivity index (χ0n) is 8.71. The van der Waals surface area contributed by atoms with Crippen LogP contribution in [-0.2, 0) is 9.59 Å². The van der Waals surface area contributed by atoms with Gasteiger partial charge in [-0.25, -0.2) is 4.79 Å². The number of rotatable bonds is 2. The molecule has 0 aromatic rings. The summed E-state index contributed by atoms with van der Waals surface area (Å²) < 4.78 is 0. The van der Waals surface area contributed by atoms with Crippen molar-refractivity contribution in [2.24, 2.45) is 5.73 Å². The molecule has 86 valence electrons. The van der Waals surface area contributed by atoms with Gasteiger partial charge in [0.1, 0.15) is 17.1 Å². The normalized spacial score (nSPS) is 29.4. The van der Waals surface area contributed by atoms with Crippen molar-refractivity contribution in [3.63, 3.8) is 0 Å². The molecule has 0 saturated carbocycles. The lowest BCUT2D eigenvalue weighted by atomic mass is 10.0. The number of β-lactam (4-membered cyclic amide) rings is 1. The maximum atomic E-state index is 11.5. The molecule has 2 aliphatic heterocycles. The van der Waals surface area contributed by atoms with E-state index in [1.54, 1.807) is 12.2 Å². The first-order chi connectivity index (χ1) is 7.57. The van der Waals surface area contributed by atoms with Crippen molar-refractivity contribution in [2.75, 3.05) is 5.75 Å². The fourth-order valence-electron chi connectivity index (χ4n) is 1.87. The van der Waals surface area contributed by atoms with Gasteiger partial charge in [0.05, 0.1) is 0 Å². The van der Waals surface area contributed by atoms with E-state index in [4.69, 9.17) is 10.8 Å². The monoisotopic (exact) mass is 240 g/mol. The second-order valence-corrected chi connectivity index (χ2v) is 4.72. The molecule has 0 radical (unpaired) electrons. The summed E-state index contributed by atoms with van der Waals surface area (Å²) in [5.41, 5.74) is 6.35. The number of allylic oxidation sites excluding steroid dienone is 2. The van der Waals surface area contributed by atoms with Crippen LogP contribution in [0.3, 0.4) is 0 Å². The Labute approximate surface area is 97.0 Å². The molecule has 3 N–H and O–H groups in total. The summed E-state index contributed by atoms with van der Waals surface area (Å²) in [6.45, 7) is 1.81. The third-order valence-electron chi connectivity index (χ3n) is 2.61. The van der Waals surface area contributed by atoms with Crippen LogP contribution in [0.1, 0.15) is 6.92 Å². The molecule has 0 aromatic carbocycles. The molecule has 0 bridgehead atoms. The number of carboxylic acids is 1. The molecule has 1 saturated heterocycles. The van der Waals surface area contributed by atoms with Crippen LogP contribution >= 0.6 is 11.8 Å². The van der Waals surface area contributed by atoms with Crippen LogP contribution in [0.4, 0.5) is 0 Å². The van der Waals surface area contributed by atoms with Gasteiger partial charge in [-0.3, -0.25) is 9.69 Å². The van der Waals surface area contributed by atoms with Crippen LogP contribution in [0.15, 0.2) is 23.4 Å². The number of hydrogen-bond donors (Lipinski definition) is 2. The molecule has 6 heteroatoms. The SMILES string of the molecule is CC=CC1=C(C(=O)O)N2C(=O)[C@@H](N)[C@H]2SC1. The predicted molar refractivity (Wildman–Crippen MR) is 60.5 cm³/mol. The first kappa shape index (κ1) is 11.2. The molecule has 2 rings (SSSR count). The molecule has 0 unspecified atom stereocenters. The van der Waals surface area contributed by atoms with Gasteiger partial charge in [0.2, 0.25) is 5.91 Å². The quantitative estimate of drug-likeness (QED) is 0.671. The Morgan fingerprint density at radius 3 is 2.94 bits per heavy atom. The highest BCUT2D eigenvalue weighted by molar-refractivity contribution is 8.00. The van der Waals surface area contributed by atoms with E-state index in [1.807, 2.05) is 6.92 Å². The third kappa shape index (κ3) is 1.45. The van der Waals surface area contributed by atoms with Crippen molar-refractivity contribution in [1.82, 2.24) is 4.90 Å². The van der Waals surface area contributed by atoms with E-state index in [2.05, 4.69) is 0 Å². The van der Waals surface area contributed by atoms with Gasteiger partial charge in [-0.1, -0.05) is 12.2 Å². The van der Waals surface area contributed by atoms with Gasteiger partial charge in [0.25, 0.3) is 0 Å². The molecule has 2 aliphatic rings. The number of nitrogens with zero attached hydrogens (tertiary/aromatic N) is 1. The highest BCUT2D eigenvalue weighted by atomic mass is 32.2. The fourth-order valence-corrected chi connectivity index (χ4v) is 3.13. The molecule has 1 amide bonds. The first-order valence-electron chi connectivity index (χ1n) is 4.87. The van der Waals surface area contributed by atoms with E-state index in [0.29, 0.717) is 11.3 Å². The largest absolute Gasteiger partial charge is 0.477 e. The summed E-state index contributed by atoms with van der Waals surface area (Å²) in [7, 11) is 0. The van der Waals surface area contributed by atoms with E-state index >= 15 is 0 Å². The average molecular weight is 240 g/mol. The zero-order valence-corrected chi connectivity index (χ0v) is 9.53. The summed E-state index contributed by atoms with van der Waals surface area (Å²) in [6.07, 6.45) is 3.49. The number of nitrogens with two attached hydrogens (primary N) is 1. The number of fused-ring (bicyclic) bond motifs is 1. The van der Waals surface area contributed by atoms with E-state index < -0.39 is 12.0 Å². The summed E-state index contributed by atoms with van der Waals surface area (Å²) in [5.74, 6) is -0.802. The molecule has 5 nitrogen and oxygen atoms in total. The van der Waals surface area contributed by atoms with Crippen molar-refractivity contribution < 1.29 is 14.7 Å². The van der Waals surface area contributed by atoms with Crippen LogP contribution in [0, 0.1) is 0 Å². The lowest BCUT2D eigenvalue weighted by Gasteiger charge is -2.47. The lowest BCUT2D eigenvalue weighted by molar-refractivity contribution is -0.147. The van der Waals surface area contributed by atoms with Crippen molar-refractivity contribution in [3.05, 3.63) is 23.4 Å². The van der Waals surface area contributed by atoms with Gasteiger partial charge in [-0.15, -0.1) is 11.8 Å². The van der Waals surface area contributed by atoms with Gasteiger partial charge in [-0.05, 0) is 12.5 Å². The Balaban J connectivity index is 2.41. The minimum atomic E-state index is -1.07. The molecule has 0 aromatic heterocycles. The number of carboxylic acid groups (broad SMARTS) is 1. The minimum absolute atomic E-state index is 0.0774. The van der Waals surface area contributed by atoms with E-state index in [0.717, 1.165) is 0 Å². The molecule has 2 heterocycles. The Morgan fingerprint density at radius 2 is 2.38 bits per heavy atom. The minimum Gasteiger partial charge on any atom is -0.477 e. The fraction of sp³-hybridized carbons (Fsp3) is 0.400. The second kappa shape index (κ2) is 3.95. The smallest absolute Gasteiger partial charge is 0.352 e. The number of carbonyl (C=O) groups excluding carboxylic acids is 1. The number of aliphatic carboxylic acids is 1. The van der Waals surface area contributed by atoms with Crippen LogP contribution < -0.4 is 5.73 Å². The van der Waals surface area contributed by atoms with E-state index in [1.165, 1.54) is 16.7 Å². The zero-order chi connectivity index (χ0) is 11.9. The van der Waals surface area contributed by atoms with Gasteiger partial charge in [0.15, 0.2) is 0 Å². The second-order valence-electron chi connectivity index (χ2n) is 3.61. The Kier molecular flexibility index (Phi) is 2.77. The Hall–Kier alpha value is -1.27. The molecular formula is C10H12N2O3S. The predicted octanol–water partition coefficient (Wildman–Crippen LogP) is 0.144. The molecular weight excluding hydrogens is 228 g/mol. The highest BCUT2D eigenvalue weighted by Gasteiger charge is 2.51. The maximum Gasteiger partial charge on any atom is 0.352 e. The third-order valence-corrected chi connectivity index (χ3v) is 3.93. The standard InChI is InChI=1S/C10H12N2O3S/c1-2-3-5-4-16-9-6(11)8(13)12(9)7(5)10(14)15/h2-3,6,9H,4,11H2,1H3,(H,14,15)/t6-,9-/m1/s1. The van der Waals surface area contributed by atoms with Crippen LogP contribution in [0.25, 0.3) is 0 Å². The van der Waals surface area contributed by atoms with Crippen molar-refractivity contribution in [2.45, 2.75) is 18.3 Å². The van der Waals surface area contributed by atoms with Crippen LogP contribution in [-0.4, -0.2) is 39.1 Å². The van der Waals surface area contributed by atoms with Gasteiger partial charge >= 0.3 is 5.97 Å².